The predicted octanol–water partition coefficient (Wildman–Crippen LogP) is 3.72. The van der Waals surface area contributed by atoms with Crippen LogP contribution in [0.3, 0.4) is 0 Å². The van der Waals surface area contributed by atoms with Gasteiger partial charge in [-0.2, -0.15) is 0 Å². The van der Waals surface area contributed by atoms with Gasteiger partial charge in [0.05, 0.1) is 7.11 Å². The molecular weight excluding hydrogens is 200 g/mol. The number of methoxy groups -OCH3 is 1. The Bertz CT molecular complexity index is 416. The summed E-state index contributed by atoms with van der Waals surface area (Å²) in [5.41, 5.74) is 0.949. The van der Waals surface area contributed by atoms with Gasteiger partial charge in [0, 0.05) is 0 Å². The van der Waals surface area contributed by atoms with E-state index < -0.39 is 0 Å². The lowest BCUT2D eigenvalue weighted by Gasteiger charge is -2.09. The molecule has 0 radical (unpaired) electrons. The smallest absolute Gasteiger partial charge is 0.169 e. The Morgan fingerprint density at radius 2 is 1.75 bits per heavy atom. The Kier molecular flexibility index (Phi) is 4.40. The summed E-state index contributed by atoms with van der Waals surface area (Å²) in [4.78, 5) is 0. The van der Waals surface area contributed by atoms with Crippen molar-refractivity contribution in [2.24, 2.45) is 0 Å². The fourth-order valence-electron chi connectivity index (χ4n) is 1.11. The number of hydrogen-bond donors (Lipinski definition) is 0. The molecule has 0 atom stereocenters. The Morgan fingerprint density at radius 1 is 1.12 bits per heavy atom. The van der Waals surface area contributed by atoms with E-state index in [2.05, 4.69) is 13.2 Å². The van der Waals surface area contributed by atoms with Crippen molar-refractivity contribution in [2.75, 3.05) is 7.11 Å². The molecule has 2 heteroatoms. The van der Waals surface area contributed by atoms with Gasteiger partial charge in [0.25, 0.3) is 0 Å². The maximum atomic E-state index is 5.54. The van der Waals surface area contributed by atoms with Crippen molar-refractivity contribution < 1.29 is 9.47 Å². The highest BCUT2D eigenvalue weighted by molar-refractivity contribution is 5.41. The predicted molar refractivity (Wildman–Crippen MR) is 66.7 cm³/mol. The molecule has 0 unspecified atom stereocenters. The first-order valence-electron chi connectivity index (χ1n) is 4.97. The number of rotatable bonds is 5. The summed E-state index contributed by atoms with van der Waals surface area (Å²) in [6.45, 7) is 9.46. The summed E-state index contributed by atoms with van der Waals surface area (Å²) in [6, 6.07) is 7.44. The number of benzene rings is 1. The molecule has 0 saturated carbocycles. The van der Waals surface area contributed by atoms with Crippen LogP contribution in [0.2, 0.25) is 0 Å². The van der Waals surface area contributed by atoms with E-state index in [9.17, 15) is 0 Å². The van der Waals surface area contributed by atoms with Crippen molar-refractivity contribution in [3.05, 3.63) is 60.9 Å². The van der Waals surface area contributed by atoms with Crippen LogP contribution in [0.5, 0.6) is 11.5 Å². The second kappa shape index (κ2) is 5.81. The molecule has 0 N–H and O–H groups in total. The lowest BCUT2D eigenvalue weighted by Crippen LogP contribution is -1.93. The topological polar surface area (TPSA) is 18.5 Å². The van der Waals surface area contributed by atoms with Crippen LogP contribution in [0.15, 0.2) is 60.9 Å². The molecule has 0 aliphatic heterocycles. The van der Waals surface area contributed by atoms with E-state index in [1.807, 2.05) is 37.3 Å². The van der Waals surface area contributed by atoms with Crippen molar-refractivity contribution in [1.29, 1.82) is 0 Å². The maximum absolute atomic E-state index is 5.54. The zero-order valence-electron chi connectivity index (χ0n) is 9.69. The van der Waals surface area contributed by atoms with E-state index in [-0.39, 0.29) is 0 Å². The molecule has 0 aliphatic carbocycles. The zero-order chi connectivity index (χ0) is 12.0. The molecule has 0 bridgehead atoms. The minimum absolute atomic E-state index is 0.549. The summed E-state index contributed by atoms with van der Waals surface area (Å²) in [7, 11) is 1.61. The number of ether oxygens (including phenoxy) is 2. The molecule has 0 fully saturated rings. The van der Waals surface area contributed by atoms with E-state index in [4.69, 9.17) is 9.47 Å². The molecular formula is C14H16O2. The van der Waals surface area contributed by atoms with Crippen molar-refractivity contribution in [1.82, 2.24) is 0 Å². The molecule has 1 aromatic rings. The van der Waals surface area contributed by atoms with Crippen LogP contribution in [0.1, 0.15) is 6.92 Å². The van der Waals surface area contributed by atoms with Crippen molar-refractivity contribution in [3.8, 4) is 11.5 Å². The molecule has 16 heavy (non-hydrogen) atoms. The van der Waals surface area contributed by atoms with Gasteiger partial charge in [0.2, 0.25) is 0 Å². The van der Waals surface area contributed by atoms with Crippen LogP contribution in [-0.2, 0) is 0 Å². The van der Waals surface area contributed by atoms with Crippen LogP contribution in [0.4, 0.5) is 0 Å². The average molecular weight is 216 g/mol. The highest BCUT2D eigenvalue weighted by atomic mass is 16.5. The highest BCUT2D eigenvalue weighted by Crippen LogP contribution is 2.27. The zero-order valence-corrected chi connectivity index (χ0v) is 9.69. The van der Waals surface area contributed by atoms with Crippen molar-refractivity contribution >= 4 is 0 Å². The van der Waals surface area contributed by atoms with E-state index in [0.29, 0.717) is 17.3 Å². The molecule has 2 nitrogen and oxygen atoms in total. The standard InChI is InChI=1S/C14H16O2/c1-11(2)9-10-12(3)16-14-8-6-5-7-13(14)15-4/h5-10H,1,3H2,2,4H3/b10-9-. The first-order valence-corrected chi connectivity index (χ1v) is 4.97. The molecule has 0 aromatic heterocycles. The summed E-state index contributed by atoms with van der Waals surface area (Å²) < 4.78 is 10.7. The van der Waals surface area contributed by atoms with Crippen LogP contribution in [-0.4, -0.2) is 7.11 Å². The Hall–Kier alpha value is -1.96. The second-order valence-corrected chi connectivity index (χ2v) is 3.40. The van der Waals surface area contributed by atoms with Gasteiger partial charge in [-0.05, 0) is 25.1 Å². The van der Waals surface area contributed by atoms with Gasteiger partial charge in [0.15, 0.2) is 11.5 Å². The first-order chi connectivity index (χ1) is 7.63. The van der Waals surface area contributed by atoms with E-state index >= 15 is 0 Å². The lowest BCUT2D eigenvalue weighted by molar-refractivity contribution is 0.368. The molecule has 0 amide bonds. The fourth-order valence-corrected chi connectivity index (χ4v) is 1.11. The molecule has 0 aliphatic rings. The highest BCUT2D eigenvalue weighted by Gasteiger charge is 2.02. The summed E-state index contributed by atoms with van der Waals surface area (Å²) in [5, 5.41) is 0. The number of para-hydroxylation sites is 2. The van der Waals surface area contributed by atoms with Crippen molar-refractivity contribution in [3.63, 3.8) is 0 Å². The Labute approximate surface area is 96.5 Å². The minimum atomic E-state index is 0.549. The third-order valence-electron chi connectivity index (χ3n) is 1.86. The van der Waals surface area contributed by atoms with Crippen molar-refractivity contribution in [2.45, 2.75) is 6.92 Å². The third-order valence-corrected chi connectivity index (χ3v) is 1.86. The molecule has 1 rings (SSSR count). The quantitative estimate of drug-likeness (QED) is 0.551. The average Bonchev–Trinajstić information content (AvgIpc) is 2.27. The van der Waals surface area contributed by atoms with E-state index in [0.717, 1.165) is 5.57 Å². The SMILES string of the molecule is C=C(C)/C=C\C(=C)Oc1ccccc1OC. The minimum Gasteiger partial charge on any atom is -0.493 e. The summed E-state index contributed by atoms with van der Waals surface area (Å²) in [6.07, 6.45) is 3.62. The molecule has 0 saturated heterocycles. The Morgan fingerprint density at radius 3 is 2.31 bits per heavy atom. The van der Waals surface area contributed by atoms with Crippen LogP contribution in [0, 0.1) is 0 Å². The van der Waals surface area contributed by atoms with Gasteiger partial charge in [0.1, 0.15) is 5.76 Å². The summed E-state index contributed by atoms with van der Waals surface area (Å²) >= 11 is 0. The molecule has 84 valence electrons. The van der Waals surface area contributed by atoms with E-state index in [1.165, 1.54) is 0 Å². The normalized spacial score (nSPS) is 10.1. The monoisotopic (exact) mass is 216 g/mol. The molecule has 0 spiro atoms. The van der Waals surface area contributed by atoms with Crippen LogP contribution < -0.4 is 9.47 Å². The number of hydrogen-bond acceptors (Lipinski definition) is 2. The second-order valence-electron chi connectivity index (χ2n) is 3.40. The fraction of sp³-hybridized carbons (Fsp3) is 0.143. The van der Waals surface area contributed by atoms with Gasteiger partial charge in [-0.1, -0.05) is 36.9 Å². The Balaban J connectivity index is 2.73. The third kappa shape index (κ3) is 3.65. The van der Waals surface area contributed by atoms with Gasteiger partial charge in [-0.25, -0.2) is 0 Å². The van der Waals surface area contributed by atoms with Crippen LogP contribution >= 0.6 is 0 Å². The van der Waals surface area contributed by atoms with Gasteiger partial charge < -0.3 is 9.47 Å². The lowest BCUT2D eigenvalue weighted by atomic mass is 10.3. The van der Waals surface area contributed by atoms with E-state index in [1.54, 1.807) is 13.2 Å². The largest absolute Gasteiger partial charge is 0.493 e. The molecule has 0 heterocycles. The van der Waals surface area contributed by atoms with Gasteiger partial charge >= 0.3 is 0 Å². The van der Waals surface area contributed by atoms with Crippen LogP contribution in [0.25, 0.3) is 0 Å². The number of allylic oxidation sites excluding steroid dienone is 3. The first kappa shape index (κ1) is 12.1. The van der Waals surface area contributed by atoms with Gasteiger partial charge in [-0.3, -0.25) is 0 Å². The summed E-state index contributed by atoms with van der Waals surface area (Å²) in [5.74, 6) is 1.89. The maximum Gasteiger partial charge on any atom is 0.169 e. The van der Waals surface area contributed by atoms with Gasteiger partial charge in [-0.15, -0.1) is 0 Å². The molecule has 1 aromatic carbocycles.